The average Bonchev–Trinajstić information content (AvgIpc) is 3.51. The number of ether oxygens (including phenoxy) is 1. The molecule has 2 aliphatic rings. The van der Waals surface area contributed by atoms with Gasteiger partial charge < -0.3 is 10.1 Å². The second-order valence-corrected chi connectivity index (χ2v) is 11.3. The summed E-state index contributed by atoms with van der Waals surface area (Å²) in [6, 6.07) is 22.9. The van der Waals surface area contributed by atoms with E-state index in [-0.39, 0.29) is 23.4 Å². The summed E-state index contributed by atoms with van der Waals surface area (Å²) < 4.78 is 34.4. The average molecular weight is 491 g/mol. The van der Waals surface area contributed by atoms with Crippen LogP contribution in [0.5, 0.6) is 5.75 Å². The third-order valence-corrected chi connectivity index (χ3v) is 9.06. The summed E-state index contributed by atoms with van der Waals surface area (Å²) in [5, 5.41) is 3.22. The van der Waals surface area contributed by atoms with Gasteiger partial charge in [-0.3, -0.25) is 9.10 Å². The number of carbonyl (C=O) groups excluding carboxylic acids is 1. The van der Waals surface area contributed by atoms with Crippen molar-refractivity contribution in [1.29, 1.82) is 0 Å². The number of nitrogens with one attached hydrogen (secondary N) is 1. The van der Waals surface area contributed by atoms with Crippen molar-refractivity contribution in [3.8, 4) is 5.75 Å². The first kappa shape index (κ1) is 23.4. The molecule has 0 aromatic heterocycles. The Kier molecular flexibility index (Phi) is 6.52. The van der Waals surface area contributed by atoms with Crippen molar-refractivity contribution in [2.75, 3.05) is 11.4 Å². The molecular formula is C28H30N2O4S. The maximum Gasteiger partial charge on any atom is 0.264 e. The number of hydrogen-bond acceptors (Lipinski definition) is 4. The molecular weight excluding hydrogens is 460 g/mol. The van der Waals surface area contributed by atoms with Crippen LogP contribution in [0.25, 0.3) is 0 Å². The van der Waals surface area contributed by atoms with E-state index in [4.69, 9.17) is 4.74 Å². The van der Waals surface area contributed by atoms with Crippen LogP contribution < -0.4 is 14.4 Å². The second kappa shape index (κ2) is 9.74. The minimum Gasteiger partial charge on any atom is -0.497 e. The Morgan fingerprint density at radius 1 is 0.943 bits per heavy atom. The molecule has 6 nitrogen and oxygen atoms in total. The van der Waals surface area contributed by atoms with Crippen LogP contribution in [0.3, 0.4) is 0 Å². The molecule has 3 aromatic rings. The molecule has 0 saturated heterocycles. The Balaban J connectivity index is 1.52. The molecule has 2 aliphatic carbocycles. The van der Waals surface area contributed by atoms with Gasteiger partial charge in [-0.25, -0.2) is 8.42 Å². The second-order valence-electron chi connectivity index (χ2n) is 9.44. The molecule has 3 unspecified atom stereocenters. The van der Waals surface area contributed by atoms with Crippen LogP contribution >= 0.6 is 0 Å². The summed E-state index contributed by atoms with van der Waals surface area (Å²) in [6.07, 6.45) is 4.59. The largest absolute Gasteiger partial charge is 0.497 e. The molecule has 0 heterocycles. The number of hydrogen-bond donors (Lipinski definition) is 1. The predicted octanol–water partition coefficient (Wildman–Crippen LogP) is 5.01. The van der Waals surface area contributed by atoms with Gasteiger partial charge >= 0.3 is 0 Å². The van der Waals surface area contributed by atoms with Crippen LogP contribution in [0.2, 0.25) is 0 Å². The van der Waals surface area contributed by atoms with Crippen molar-refractivity contribution in [2.45, 2.75) is 43.2 Å². The number of sulfonamides is 1. The fraction of sp³-hybridized carbons (Fsp3) is 0.321. The summed E-state index contributed by atoms with van der Waals surface area (Å²) in [5.74, 6) is 1.58. The number of amides is 1. The third kappa shape index (κ3) is 4.78. The lowest BCUT2D eigenvalue weighted by molar-refractivity contribution is 0.0923. The Bertz CT molecular complexity index is 1290. The van der Waals surface area contributed by atoms with E-state index in [1.54, 1.807) is 36.4 Å². The number of fused-ring (bicyclic) bond motifs is 2. The first-order valence-corrected chi connectivity index (χ1v) is 13.5. The normalized spacial score (nSPS) is 21.0. The maximum atomic E-state index is 13.9. The Morgan fingerprint density at radius 3 is 2.31 bits per heavy atom. The van der Waals surface area contributed by atoms with Gasteiger partial charge in [-0.2, -0.15) is 0 Å². The monoisotopic (exact) mass is 490 g/mol. The zero-order valence-corrected chi connectivity index (χ0v) is 20.6. The van der Waals surface area contributed by atoms with E-state index >= 15 is 0 Å². The highest BCUT2D eigenvalue weighted by atomic mass is 32.2. The van der Waals surface area contributed by atoms with E-state index in [1.807, 2.05) is 30.3 Å². The summed E-state index contributed by atoms with van der Waals surface area (Å²) >= 11 is 0. The molecule has 182 valence electrons. The number of nitrogens with zero attached hydrogens (tertiary/aromatic N) is 1. The molecule has 0 aliphatic heterocycles. The minimum absolute atomic E-state index is 0.105. The molecule has 5 rings (SSSR count). The van der Waals surface area contributed by atoms with Gasteiger partial charge in [0.15, 0.2) is 0 Å². The highest BCUT2D eigenvalue weighted by Gasteiger charge is 2.40. The van der Waals surface area contributed by atoms with E-state index < -0.39 is 10.0 Å². The molecule has 2 bridgehead atoms. The van der Waals surface area contributed by atoms with Crippen molar-refractivity contribution in [3.63, 3.8) is 0 Å². The van der Waals surface area contributed by atoms with Gasteiger partial charge in [-0.1, -0.05) is 48.9 Å². The highest BCUT2D eigenvalue weighted by Crippen LogP contribution is 2.44. The lowest BCUT2D eigenvalue weighted by atomic mass is 9.95. The maximum absolute atomic E-state index is 13.9. The molecule has 1 amide bonds. The molecule has 2 fully saturated rings. The SMILES string of the molecule is COc1ccc(S(=O)(=O)N(Cc2ccccc2)c2ccccc2C(=O)NC2CC3CCC2C3)cc1. The lowest BCUT2D eigenvalue weighted by Crippen LogP contribution is -2.40. The van der Waals surface area contributed by atoms with Crippen molar-refractivity contribution in [1.82, 2.24) is 5.32 Å². The van der Waals surface area contributed by atoms with Crippen LogP contribution in [0, 0.1) is 11.8 Å². The van der Waals surface area contributed by atoms with E-state index in [0.29, 0.717) is 28.8 Å². The smallest absolute Gasteiger partial charge is 0.264 e. The molecule has 2 saturated carbocycles. The van der Waals surface area contributed by atoms with Gasteiger partial charge in [-0.15, -0.1) is 0 Å². The molecule has 7 heteroatoms. The molecule has 0 radical (unpaired) electrons. The summed E-state index contributed by atoms with van der Waals surface area (Å²) in [4.78, 5) is 13.6. The van der Waals surface area contributed by atoms with Gasteiger partial charge in [0.05, 0.1) is 29.8 Å². The Hall–Kier alpha value is -3.32. The van der Waals surface area contributed by atoms with Crippen molar-refractivity contribution in [3.05, 3.63) is 90.0 Å². The van der Waals surface area contributed by atoms with Crippen LogP contribution in [-0.2, 0) is 16.6 Å². The molecule has 35 heavy (non-hydrogen) atoms. The first-order chi connectivity index (χ1) is 17.0. The minimum atomic E-state index is -3.97. The van der Waals surface area contributed by atoms with Gasteiger partial charge in [0, 0.05) is 6.04 Å². The number of para-hydroxylation sites is 1. The van der Waals surface area contributed by atoms with E-state index in [2.05, 4.69) is 5.32 Å². The summed E-state index contributed by atoms with van der Waals surface area (Å²) in [5.41, 5.74) is 1.56. The third-order valence-electron chi connectivity index (χ3n) is 7.29. The number of carbonyl (C=O) groups is 1. The molecule has 0 spiro atoms. The van der Waals surface area contributed by atoms with E-state index in [9.17, 15) is 13.2 Å². The van der Waals surface area contributed by atoms with E-state index in [0.717, 1.165) is 18.4 Å². The van der Waals surface area contributed by atoms with Gasteiger partial charge in [0.2, 0.25) is 0 Å². The van der Waals surface area contributed by atoms with E-state index in [1.165, 1.54) is 36.4 Å². The lowest BCUT2D eigenvalue weighted by Gasteiger charge is -2.28. The zero-order chi connectivity index (χ0) is 24.4. The standard InChI is InChI=1S/C28H30N2O4S/c1-34-23-13-15-24(16-14-23)35(32,33)30(19-20-7-3-2-4-8-20)27-10-6-5-9-25(27)28(31)29-26-18-21-11-12-22(26)17-21/h2-10,13-16,21-22,26H,11-12,17-19H2,1H3,(H,29,31). The summed E-state index contributed by atoms with van der Waals surface area (Å²) in [7, 11) is -2.43. The first-order valence-electron chi connectivity index (χ1n) is 12.1. The van der Waals surface area contributed by atoms with Crippen LogP contribution in [0.1, 0.15) is 41.6 Å². The number of rotatable bonds is 8. The molecule has 3 aromatic carbocycles. The van der Waals surface area contributed by atoms with Crippen molar-refractivity contribution >= 4 is 21.6 Å². The van der Waals surface area contributed by atoms with Gasteiger partial charge in [0.25, 0.3) is 15.9 Å². The van der Waals surface area contributed by atoms with Gasteiger partial charge in [0.1, 0.15) is 5.75 Å². The number of benzene rings is 3. The number of methoxy groups -OCH3 is 1. The molecule has 3 atom stereocenters. The molecule has 1 N–H and O–H groups in total. The topological polar surface area (TPSA) is 75.7 Å². The number of anilines is 1. The van der Waals surface area contributed by atoms with Crippen LogP contribution in [-0.4, -0.2) is 27.5 Å². The van der Waals surface area contributed by atoms with Crippen LogP contribution in [0.4, 0.5) is 5.69 Å². The van der Waals surface area contributed by atoms with Crippen molar-refractivity contribution in [2.24, 2.45) is 11.8 Å². The Morgan fingerprint density at radius 2 is 1.66 bits per heavy atom. The predicted molar refractivity (Wildman–Crippen MR) is 136 cm³/mol. The zero-order valence-electron chi connectivity index (χ0n) is 19.8. The Labute approximate surface area is 207 Å². The fourth-order valence-corrected chi connectivity index (χ4v) is 6.95. The summed E-state index contributed by atoms with van der Waals surface area (Å²) in [6.45, 7) is 0.105. The quantitative estimate of drug-likeness (QED) is 0.482. The van der Waals surface area contributed by atoms with Gasteiger partial charge in [-0.05, 0) is 73.1 Å². The highest BCUT2D eigenvalue weighted by molar-refractivity contribution is 7.92. The van der Waals surface area contributed by atoms with Crippen LogP contribution in [0.15, 0.2) is 83.8 Å². The van der Waals surface area contributed by atoms with Crippen molar-refractivity contribution < 1.29 is 17.9 Å². The fourth-order valence-electron chi connectivity index (χ4n) is 5.47.